The van der Waals surface area contributed by atoms with E-state index in [0.717, 1.165) is 19.3 Å². The van der Waals surface area contributed by atoms with E-state index in [1.165, 1.54) is 18.6 Å². The second kappa shape index (κ2) is 5.07. The van der Waals surface area contributed by atoms with Crippen molar-refractivity contribution in [3.8, 4) is 0 Å². The molecule has 0 bridgehead atoms. The molecule has 0 spiro atoms. The maximum absolute atomic E-state index is 10.5. The first-order chi connectivity index (χ1) is 8.59. The lowest BCUT2D eigenvalue weighted by Crippen LogP contribution is -2.25. The van der Waals surface area contributed by atoms with Gasteiger partial charge in [0, 0.05) is 13.3 Å². The minimum atomic E-state index is -0.559. The molecule has 1 aliphatic heterocycles. The predicted octanol–water partition coefficient (Wildman–Crippen LogP) is 2.20. The van der Waals surface area contributed by atoms with Gasteiger partial charge in [0.2, 0.25) is 5.79 Å². The summed E-state index contributed by atoms with van der Waals surface area (Å²) in [6, 6.07) is 1.40. The average Bonchev–Trinajstić information content (AvgIpc) is 2.94. The van der Waals surface area contributed by atoms with Crippen LogP contribution in [0.15, 0.2) is 24.8 Å². The van der Waals surface area contributed by atoms with Crippen LogP contribution in [-0.2, 0) is 16.0 Å². The third-order valence-electron chi connectivity index (χ3n) is 2.77. The SMILES string of the molecule is CC1(CCCCn2ccc([N+](=O)[O-])n2)OC=CO1. The Labute approximate surface area is 104 Å². The number of rotatable bonds is 6. The monoisotopic (exact) mass is 253 g/mol. The zero-order chi connectivity index (χ0) is 13.0. The minimum absolute atomic E-state index is 0.117. The van der Waals surface area contributed by atoms with Gasteiger partial charge in [-0.3, -0.25) is 0 Å². The van der Waals surface area contributed by atoms with Gasteiger partial charge in [-0.05, 0) is 17.8 Å². The van der Waals surface area contributed by atoms with Gasteiger partial charge in [-0.1, -0.05) is 0 Å². The summed E-state index contributed by atoms with van der Waals surface area (Å²) in [4.78, 5) is 9.95. The summed E-state index contributed by atoms with van der Waals surface area (Å²) in [5.41, 5.74) is 0. The second-order valence-corrected chi connectivity index (χ2v) is 4.29. The van der Waals surface area contributed by atoms with Gasteiger partial charge in [0.1, 0.15) is 12.5 Å². The molecule has 7 heteroatoms. The van der Waals surface area contributed by atoms with Crippen molar-refractivity contribution in [2.75, 3.05) is 0 Å². The van der Waals surface area contributed by atoms with E-state index < -0.39 is 10.7 Å². The van der Waals surface area contributed by atoms with Gasteiger partial charge >= 0.3 is 5.82 Å². The molecule has 1 aromatic heterocycles. The Morgan fingerprint density at radius 3 is 2.78 bits per heavy atom. The molecule has 2 rings (SSSR count). The molecule has 98 valence electrons. The van der Waals surface area contributed by atoms with Crippen LogP contribution in [-0.4, -0.2) is 20.5 Å². The largest absolute Gasteiger partial charge is 0.457 e. The molecule has 0 radical (unpaired) electrons. The van der Waals surface area contributed by atoms with Crippen LogP contribution < -0.4 is 0 Å². The van der Waals surface area contributed by atoms with Gasteiger partial charge in [-0.25, -0.2) is 0 Å². The van der Waals surface area contributed by atoms with Crippen LogP contribution in [0, 0.1) is 10.1 Å². The van der Waals surface area contributed by atoms with E-state index in [2.05, 4.69) is 5.10 Å². The molecule has 7 nitrogen and oxygen atoms in total. The lowest BCUT2D eigenvalue weighted by atomic mass is 10.1. The predicted molar refractivity (Wildman–Crippen MR) is 62.4 cm³/mol. The first-order valence-corrected chi connectivity index (χ1v) is 5.78. The highest BCUT2D eigenvalue weighted by Gasteiger charge is 2.28. The standard InChI is InChI=1S/C11H15N3O4/c1-11(17-8-9-18-11)5-2-3-6-13-7-4-10(12-13)14(15)16/h4,7-9H,2-3,5-6H2,1H3. The van der Waals surface area contributed by atoms with Crippen LogP contribution in [0.3, 0.4) is 0 Å². The summed E-state index contributed by atoms with van der Waals surface area (Å²) in [6.07, 6.45) is 7.22. The molecule has 0 saturated heterocycles. The molecule has 0 fully saturated rings. The highest BCUT2D eigenvalue weighted by Crippen LogP contribution is 2.25. The van der Waals surface area contributed by atoms with E-state index in [1.54, 1.807) is 10.9 Å². The maximum atomic E-state index is 10.5. The quantitative estimate of drug-likeness (QED) is 0.441. The van der Waals surface area contributed by atoms with Crippen molar-refractivity contribution >= 4 is 5.82 Å². The van der Waals surface area contributed by atoms with Gasteiger partial charge < -0.3 is 19.6 Å². The molecule has 0 aromatic carbocycles. The van der Waals surface area contributed by atoms with Crippen molar-refractivity contribution in [2.45, 2.75) is 38.5 Å². The van der Waals surface area contributed by atoms with Crippen molar-refractivity contribution in [3.63, 3.8) is 0 Å². The number of aromatic nitrogens is 2. The van der Waals surface area contributed by atoms with Crippen LogP contribution >= 0.6 is 0 Å². The molecule has 1 aromatic rings. The van der Waals surface area contributed by atoms with Crippen LogP contribution in [0.1, 0.15) is 26.2 Å². The lowest BCUT2D eigenvalue weighted by Gasteiger charge is -2.22. The molecular formula is C11H15N3O4. The van der Waals surface area contributed by atoms with E-state index >= 15 is 0 Å². The molecule has 1 aliphatic rings. The number of nitro groups is 1. The Bertz CT molecular complexity index is 447. The molecule has 18 heavy (non-hydrogen) atoms. The molecule has 2 heterocycles. The van der Waals surface area contributed by atoms with Gasteiger partial charge in [0.15, 0.2) is 0 Å². The number of aryl methyl sites for hydroxylation is 1. The first-order valence-electron chi connectivity index (χ1n) is 5.78. The highest BCUT2D eigenvalue weighted by molar-refractivity contribution is 5.13. The highest BCUT2D eigenvalue weighted by atomic mass is 16.7. The fraction of sp³-hybridized carbons (Fsp3) is 0.545. The molecular weight excluding hydrogens is 238 g/mol. The van der Waals surface area contributed by atoms with Crippen molar-refractivity contribution in [2.24, 2.45) is 0 Å². The topological polar surface area (TPSA) is 79.4 Å². The van der Waals surface area contributed by atoms with E-state index in [0.29, 0.717) is 6.54 Å². The van der Waals surface area contributed by atoms with Crippen LogP contribution in [0.5, 0.6) is 0 Å². The lowest BCUT2D eigenvalue weighted by molar-refractivity contribution is -0.389. The summed E-state index contributed by atoms with van der Waals surface area (Å²) >= 11 is 0. The van der Waals surface area contributed by atoms with Gasteiger partial charge in [-0.2, -0.15) is 4.68 Å². The van der Waals surface area contributed by atoms with Crippen LogP contribution in [0.4, 0.5) is 5.82 Å². The van der Waals surface area contributed by atoms with Gasteiger partial charge in [0.25, 0.3) is 0 Å². The Morgan fingerprint density at radius 2 is 2.17 bits per heavy atom. The number of ether oxygens (including phenoxy) is 2. The van der Waals surface area contributed by atoms with Crippen molar-refractivity contribution in [3.05, 3.63) is 34.9 Å². The molecule has 0 unspecified atom stereocenters. The Morgan fingerprint density at radius 1 is 1.44 bits per heavy atom. The van der Waals surface area contributed by atoms with Crippen molar-refractivity contribution in [1.29, 1.82) is 0 Å². The van der Waals surface area contributed by atoms with E-state index in [-0.39, 0.29) is 5.82 Å². The molecule has 0 N–H and O–H groups in total. The van der Waals surface area contributed by atoms with Crippen LogP contribution in [0.2, 0.25) is 0 Å². The maximum Gasteiger partial charge on any atom is 0.389 e. The zero-order valence-corrected chi connectivity index (χ0v) is 10.1. The van der Waals surface area contributed by atoms with Crippen molar-refractivity contribution in [1.82, 2.24) is 9.78 Å². The fourth-order valence-electron chi connectivity index (χ4n) is 1.78. The summed E-state index contributed by atoms with van der Waals surface area (Å²) in [5.74, 6) is -0.676. The molecule has 0 amide bonds. The second-order valence-electron chi connectivity index (χ2n) is 4.29. The Kier molecular flexibility index (Phi) is 3.50. The number of nitrogens with zero attached hydrogens (tertiary/aromatic N) is 3. The smallest absolute Gasteiger partial charge is 0.389 e. The summed E-state index contributed by atoms with van der Waals surface area (Å²) in [7, 11) is 0. The Hall–Kier alpha value is -2.05. The Balaban J connectivity index is 1.70. The third-order valence-corrected chi connectivity index (χ3v) is 2.77. The summed E-state index contributed by atoms with van der Waals surface area (Å²) < 4.78 is 12.2. The normalized spacial score (nSPS) is 16.3. The van der Waals surface area contributed by atoms with E-state index in [4.69, 9.17) is 9.47 Å². The minimum Gasteiger partial charge on any atom is -0.457 e. The van der Waals surface area contributed by atoms with Gasteiger partial charge in [-0.15, -0.1) is 0 Å². The summed E-state index contributed by atoms with van der Waals surface area (Å²) in [5, 5.41) is 14.3. The number of hydrogen-bond acceptors (Lipinski definition) is 5. The van der Waals surface area contributed by atoms with E-state index in [1.807, 2.05) is 6.92 Å². The third kappa shape index (κ3) is 2.99. The van der Waals surface area contributed by atoms with Crippen LogP contribution in [0.25, 0.3) is 0 Å². The van der Waals surface area contributed by atoms with E-state index in [9.17, 15) is 10.1 Å². The molecule has 0 aliphatic carbocycles. The molecule has 0 saturated carbocycles. The zero-order valence-electron chi connectivity index (χ0n) is 10.1. The number of hydrogen-bond donors (Lipinski definition) is 0. The van der Waals surface area contributed by atoms with Crippen molar-refractivity contribution < 1.29 is 14.4 Å². The van der Waals surface area contributed by atoms with Gasteiger partial charge in [0.05, 0.1) is 23.9 Å². The fourth-order valence-corrected chi connectivity index (χ4v) is 1.78. The average molecular weight is 253 g/mol. The first kappa shape index (κ1) is 12.4. The summed E-state index contributed by atoms with van der Waals surface area (Å²) in [6.45, 7) is 2.53. The number of unbranched alkanes of at least 4 members (excludes halogenated alkanes) is 1. The molecule has 0 atom stereocenters.